The molecule has 0 saturated heterocycles. The molecular weight excluding hydrogens is 432 g/mol. The molecule has 4 aliphatic rings. The van der Waals surface area contributed by atoms with Gasteiger partial charge in [0.25, 0.3) is 5.91 Å². The number of nitrogens with one attached hydrogen (secondary N) is 1. The van der Waals surface area contributed by atoms with Crippen LogP contribution in [0.5, 0.6) is 5.75 Å². The van der Waals surface area contributed by atoms with Gasteiger partial charge in [-0.15, -0.1) is 0 Å². The van der Waals surface area contributed by atoms with Crippen molar-refractivity contribution in [2.24, 2.45) is 17.8 Å². The zero-order chi connectivity index (χ0) is 21.9. The van der Waals surface area contributed by atoms with Gasteiger partial charge < -0.3 is 4.74 Å². The van der Waals surface area contributed by atoms with Crippen LogP contribution in [0.15, 0.2) is 18.2 Å². The maximum Gasteiger partial charge on any atom is 0.273 e. The number of sulfone groups is 1. The molecular formula is C21H27F2NO4S2. The molecule has 9 heteroatoms. The van der Waals surface area contributed by atoms with E-state index in [4.69, 9.17) is 4.74 Å². The van der Waals surface area contributed by atoms with Crippen LogP contribution < -0.4 is 9.46 Å². The summed E-state index contributed by atoms with van der Waals surface area (Å²) in [5.41, 5.74) is -1.36. The SMILES string of the molecule is CC(C)(Oc1ccc(F)cc1F)C(=O)NSC1C2CC3CC1CC(S(C)(=O)=O)(C3)C2. The minimum absolute atomic E-state index is 0.165. The Kier molecular flexibility index (Phi) is 5.37. The predicted octanol–water partition coefficient (Wildman–Crippen LogP) is 3.88. The van der Waals surface area contributed by atoms with E-state index in [0.29, 0.717) is 24.8 Å². The Morgan fingerprint density at radius 1 is 1.20 bits per heavy atom. The lowest BCUT2D eigenvalue weighted by atomic mass is 9.55. The molecule has 4 fully saturated rings. The van der Waals surface area contributed by atoms with Gasteiger partial charge in [-0.2, -0.15) is 0 Å². The smallest absolute Gasteiger partial charge is 0.273 e. The molecule has 1 aromatic carbocycles. The van der Waals surface area contributed by atoms with Crippen molar-refractivity contribution in [3.05, 3.63) is 29.8 Å². The Morgan fingerprint density at radius 3 is 2.40 bits per heavy atom. The van der Waals surface area contributed by atoms with Gasteiger partial charge in [0.15, 0.2) is 27.0 Å². The molecule has 0 radical (unpaired) electrons. The van der Waals surface area contributed by atoms with E-state index in [1.807, 2.05) is 0 Å². The average Bonchev–Trinajstić information content (AvgIpc) is 2.62. The van der Waals surface area contributed by atoms with Crippen LogP contribution >= 0.6 is 11.9 Å². The standard InChI is InChI=1S/C21H27F2NO4S2/c1-20(2,28-17-5-4-15(22)8-16(17)23)19(25)24-29-18-13-6-12-7-14(18)11-21(9-12,10-13)30(3,26)27/h4-5,8,12-14,18H,6-7,9-11H2,1-3H3,(H,24,25). The third-order valence-electron chi connectivity index (χ3n) is 7.01. The van der Waals surface area contributed by atoms with Gasteiger partial charge in [-0.25, -0.2) is 17.2 Å². The summed E-state index contributed by atoms with van der Waals surface area (Å²) in [5, 5.41) is 0.165. The van der Waals surface area contributed by atoms with E-state index in [-0.39, 0.29) is 22.8 Å². The minimum Gasteiger partial charge on any atom is -0.475 e. The highest BCUT2D eigenvalue weighted by atomic mass is 32.2. The molecule has 4 saturated carbocycles. The molecule has 1 N–H and O–H groups in total. The molecule has 4 aliphatic carbocycles. The first-order valence-corrected chi connectivity index (χ1v) is 13.0. The van der Waals surface area contributed by atoms with Crippen molar-refractivity contribution in [1.29, 1.82) is 0 Å². The van der Waals surface area contributed by atoms with Gasteiger partial charge in [0.05, 0.1) is 4.75 Å². The van der Waals surface area contributed by atoms with Crippen molar-refractivity contribution in [2.75, 3.05) is 6.26 Å². The third kappa shape index (κ3) is 3.83. The highest BCUT2D eigenvalue weighted by molar-refractivity contribution is 7.98. The largest absolute Gasteiger partial charge is 0.475 e. The maximum absolute atomic E-state index is 13.9. The van der Waals surface area contributed by atoms with Crippen molar-refractivity contribution in [3.63, 3.8) is 0 Å². The zero-order valence-corrected chi connectivity index (χ0v) is 18.9. The monoisotopic (exact) mass is 459 g/mol. The average molecular weight is 460 g/mol. The van der Waals surface area contributed by atoms with Gasteiger partial charge in [0.1, 0.15) is 5.82 Å². The van der Waals surface area contributed by atoms with Crippen molar-refractivity contribution in [1.82, 2.24) is 4.72 Å². The number of halogens is 2. The number of amides is 1. The van der Waals surface area contributed by atoms with Crippen molar-refractivity contribution in [2.45, 2.75) is 61.5 Å². The second-order valence-corrected chi connectivity index (χ2v) is 13.0. The Labute approximate surface area is 180 Å². The maximum atomic E-state index is 13.9. The van der Waals surface area contributed by atoms with Gasteiger partial charge in [0.2, 0.25) is 0 Å². The van der Waals surface area contributed by atoms with Gasteiger partial charge in [-0.1, -0.05) is 0 Å². The number of hydrogen-bond donors (Lipinski definition) is 1. The second-order valence-electron chi connectivity index (χ2n) is 9.63. The number of benzene rings is 1. The highest BCUT2D eigenvalue weighted by Crippen LogP contribution is 2.60. The fraction of sp³-hybridized carbons (Fsp3) is 0.667. The molecule has 2 unspecified atom stereocenters. The quantitative estimate of drug-likeness (QED) is 0.654. The van der Waals surface area contributed by atoms with E-state index in [2.05, 4.69) is 4.72 Å². The molecule has 5 nitrogen and oxygen atoms in total. The summed E-state index contributed by atoms with van der Waals surface area (Å²) in [7, 11) is -3.12. The summed E-state index contributed by atoms with van der Waals surface area (Å²) in [4.78, 5) is 12.8. The van der Waals surface area contributed by atoms with Crippen LogP contribution in [0, 0.1) is 29.4 Å². The van der Waals surface area contributed by atoms with Gasteiger partial charge >= 0.3 is 0 Å². The van der Waals surface area contributed by atoms with Crippen molar-refractivity contribution < 1.29 is 26.7 Å². The Balaban J connectivity index is 1.41. The summed E-state index contributed by atoms with van der Waals surface area (Å²) in [6.07, 6.45) is 5.45. The van der Waals surface area contributed by atoms with E-state index in [1.165, 1.54) is 32.1 Å². The molecule has 5 rings (SSSR count). The molecule has 166 valence electrons. The normalized spacial score (nSPS) is 32.8. The fourth-order valence-corrected chi connectivity index (χ4v) is 8.53. The van der Waals surface area contributed by atoms with E-state index in [0.717, 1.165) is 31.4 Å². The van der Waals surface area contributed by atoms with E-state index in [9.17, 15) is 22.0 Å². The first kappa shape index (κ1) is 21.9. The van der Waals surface area contributed by atoms with Crippen LogP contribution in [0.3, 0.4) is 0 Å². The van der Waals surface area contributed by atoms with E-state index >= 15 is 0 Å². The molecule has 0 spiro atoms. The Hall–Kier alpha value is -1.35. The summed E-state index contributed by atoms with van der Waals surface area (Å²) < 4.78 is 59.7. The third-order valence-corrected chi connectivity index (χ3v) is 10.4. The number of ether oxygens (including phenoxy) is 1. The second kappa shape index (κ2) is 7.36. The van der Waals surface area contributed by atoms with E-state index in [1.54, 1.807) is 0 Å². The molecule has 4 bridgehead atoms. The predicted molar refractivity (Wildman–Crippen MR) is 112 cm³/mol. The minimum atomic E-state index is -3.12. The van der Waals surface area contributed by atoms with Crippen LogP contribution in [0.2, 0.25) is 0 Å². The fourth-order valence-electron chi connectivity index (χ4n) is 5.67. The summed E-state index contributed by atoms with van der Waals surface area (Å²) in [5.74, 6) is -1.22. The van der Waals surface area contributed by atoms with Crippen LogP contribution in [0.4, 0.5) is 8.78 Å². The topological polar surface area (TPSA) is 72.5 Å². The lowest BCUT2D eigenvalue weighted by molar-refractivity contribution is -0.132. The highest BCUT2D eigenvalue weighted by Gasteiger charge is 2.59. The number of hydrogen-bond acceptors (Lipinski definition) is 5. The van der Waals surface area contributed by atoms with Crippen LogP contribution in [-0.4, -0.2) is 36.2 Å². The van der Waals surface area contributed by atoms with Crippen LogP contribution in [-0.2, 0) is 14.6 Å². The van der Waals surface area contributed by atoms with E-state index < -0.39 is 37.7 Å². The van der Waals surface area contributed by atoms with Crippen molar-refractivity contribution >= 4 is 27.7 Å². The summed E-state index contributed by atoms with van der Waals surface area (Å²) in [6, 6.07) is 2.95. The zero-order valence-electron chi connectivity index (χ0n) is 17.3. The first-order chi connectivity index (χ1) is 13.9. The molecule has 0 aromatic heterocycles. The number of carbonyl (C=O) groups is 1. The Bertz CT molecular complexity index is 950. The van der Waals surface area contributed by atoms with Gasteiger partial charge in [-0.05, 0) is 87.8 Å². The lowest BCUT2D eigenvalue weighted by Crippen LogP contribution is -2.59. The number of rotatable bonds is 6. The molecule has 2 atom stereocenters. The molecule has 30 heavy (non-hydrogen) atoms. The molecule has 0 heterocycles. The first-order valence-electron chi connectivity index (χ1n) is 10.2. The number of carbonyl (C=O) groups excluding carboxylic acids is 1. The molecule has 1 aromatic rings. The van der Waals surface area contributed by atoms with Gasteiger partial charge in [0, 0.05) is 17.6 Å². The lowest BCUT2D eigenvalue weighted by Gasteiger charge is -2.58. The molecule has 0 aliphatic heterocycles. The van der Waals surface area contributed by atoms with Gasteiger partial charge in [-0.3, -0.25) is 9.52 Å². The Morgan fingerprint density at radius 2 is 1.83 bits per heavy atom. The summed E-state index contributed by atoms with van der Waals surface area (Å²) in [6.45, 7) is 3.06. The molecule has 1 amide bonds. The van der Waals surface area contributed by atoms with Crippen LogP contribution in [0.25, 0.3) is 0 Å². The summed E-state index contributed by atoms with van der Waals surface area (Å²) >= 11 is 1.35. The van der Waals surface area contributed by atoms with Crippen molar-refractivity contribution in [3.8, 4) is 5.75 Å². The van der Waals surface area contributed by atoms with Crippen LogP contribution in [0.1, 0.15) is 46.0 Å².